The van der Waals surface area contributed by atoms with Crippen molar-refractivity contribution in [3.8, 4) is 0 Å². The molecule has 2 aliphatic carbocycles. The SMILES string of the molecule is CNC1C(CN(Cc2cccs2)C2CC2)CCC1(C)C. The van der Waals surface area contributed by atoms with Gasteiger partial charge in [0.25, 0.3) is 0 Å². The standard InChI is InChI=1S/C17H28N2S/c1-17(2)9-8-13(16(17)18-3)11-19(14-6-7-14)12-15-5-4-10-20-15/h4-5,10,13-14,16,18H,6-9,11-12H2,1-3H3. The first-order chi connectivity index (χ1) is 9.60. The van der Waals surface area contributed by atoms with Crippen molar-refractivity contribution in [2.24, 2.45) is 11.3 Å². The summed E-state index contributed by atoms with van der Waals surface area (Å²) in [5, 5.41) is 5.81. The van der Waals surface area contributed by atoms with Gasteiger partial charge in [0.05, 0.1) is 0 Å². The average Bonchev–Trinajstić information content (AvgIpc) is 3.05. The molecule has 1 aromatic rings. The summed E-state index contributed by atoms with van der Waals surface area (Å²) in [6.45, 7) is 7.29. The quantitative estimate of drug-likeness (QED) is 0.859. The van der Waals surface area contributed by atoms with Crippen LogP contribution >= 0.6 is 11.3 Å². The smallest absolute Gasteiger partial charge is 0.0330 e. The highest BCUT2D eigenvalue weighted by Crippen LogP contribution is 2.42. The van der Waals surface area contributed by atoms with Gasteiger partial charge >= 0.3 is 0 Å². The molecule has 0 saturated heterocycles. The number of rotatable bonds is 6. The Kier molecular flexibility index (Phi) is 4.21. The van der Waals surface area contributed by atoms with Gasteiger partial charge in [-0.1, -0.05) is 19.9 Å². The van der Waals surface area contributed by atoms with E-state index in [0.29, 0.717) is 11.5 Å². The predicted molar refractivity (Wildman–Crippen MR) is 87.1 cm³/mol. The van der Waals surface area contributed by atoms with Crippen LogP contribution in [-0.4, -0.2) is 30.6 Å². The van der Waals surface area contributed by atoms with E-state index in [9.17, 15) is 0 Å². The minimum Gasteiger partial charge on any atom is -0.316 e. The van der Waals surface area contributed by atoms with E-state index in [1.165, 1.54) is 37.1 Å². The van der Waals surface area contributed by atoms with Crippen LogP contribution in [0.4, 0.5) is 0 Å². The molecule has 0 bridgehead atoms. The van der Waals surface area contributed by atoms with Gasteiger partial charge in [0.1, 0.15) is 0 Å². The van der Waals surface area contributed by atoms with Gasteiger partial charge in [0, 0.05) is 30.1 Å². The lowest BCUT2D eigenvalue weighted by molar-refractivity contribution is 0.177. The summed E-state index contributed by atoms with van der Waals surface area (Å²) >= 11 is 1.90. The summed E-state index contributed by atoms with van der Waals surface area (Å²) in [7, 11) is 2.14. The first-order valence-electron chi connectivity index (χ1n) is 8.04. The van der Waals surface area contributed by atoms with Gasteiger partial charge in [-0.25, -0.2) is 0 Å². The fourth-order valence-electron chi connectivity index (χ4n) is 4.03. The zero-order valence-electron chi connectivity index (χ0n) is 13.1. The number of nitrogens with zero attached hydrogens (tertiary/aromatic N) is 1. The Balaban J connectivity index is 1.64. The Bertz CT molecular complexity index is 422. The Morgan fingerprint density at radius 3 is 2.75 bits per heavy atom. The fourth-order valence-corrected chi connectivity index (χ4v) is 4.76. The van der Waals surface area contributed by atoms with Crippen molar-refractivity contribution < 1.29 is 0 Å². The van der Waals surface area contributed by atoms with E-state index in [1.54, 1.807) is 0 Å². The average molecular weight is 292 g/mol. The van der Waals surface area contributed by atoms with Gasteiger partial charge in [0.15, 0.2) is 0 Å². The molecule has 0 amide bonds. The van der Waals surface area contributed by atoms with E-state index in [-0.39, 0.29) is 0 Å². The highest BCUT2D eigenvalue weighted by molar-refractivity contribution is 7.09. The number of hydrogen-bond acceptors (Lipinski definition) is 3. The van der Waals surface area contributed by atoms with Gasteiger partial charge in [0.2, 0.25) is 0 Å². The number of hydrogen-bond donors (Lipinski definition) is 1. The van der Waals surface area contributed by atoms with Crippen molar-refractivity contribution in [3.63, 3.8) is 0 Å². The molecule has 2 aliphatic rings. The largest absolute Gasteiger partial charge is 0.316 e. The van der Waals surface area contributed by atoms with Gasteiger partial charge in [-0.15, -0.1) is 11.3 Å². The number of thiophene rings is 1. The molecule has 2 saturated carbocycles. The maximum Gasteiger partial charge on any atom is 0.0330 e. The van der Waals surface area contributed by atoms with E-state index >= 15 is 0 Å². The second-order valence-corrected chi connectivity index (χ2v) is 8.33. The molecule has 20 heavy (non-hydrogen) atoms. The normalized spacial score (nSPS) is 29.2. The van der Waals surface area contributed by atoms with Crippen LogP contribution in [0.25, 0.3) is 0 Å². The van der Waals surface area contributed by atoms with Crippen molar-refractivity contribution in [2.45, 2.75) is 58.2 Å². The second-order valence-electron chi connectivity index (χ2n) is 7.29. The molecule has 0 aromatic carbocycles. The first-order valence-corrected chi connectivity index (χ1v) is 8.92. The molecule has 1 N–H and O–H groups in total. The van der Waals surface area contributed by atoms with Crippen molar-refractivity contribution in [1.82, 2.24) is 10.2 Å². The first kappa shape index (κ1) is 14.6. The van der Waals surface area contributed by atoms with Crippen molar-refractivity contribution in [1.29, 1.82) is 0 Å². The Labute approximate surface area is 127 Å². The molecule has 2 atom stereocenters. The van der Waals surface area contributed by atoms with Crippen LogP contribution in [0.15, 0.2) is 17.5 Å². The van der Waals surface area contributed by atoms with Gasteiger partial charge in [-0.05, 0) is 55.5 Å². The summed E-state index contributed by atoms with van der Waals surface area (Å²) in [5.41, 5.74) is 0.456. The van der Waals surface area contributed by atoms with E-state index in [1.807, 2.05) is 11.3 Å². The summed E-state index contributed by atoms with van der Waals surface area (Å²) in [5.74, 6) is 0.815. The topological polar surface area (TPSA) is 15.3 Å². The van der Waals surface area contributed by atoms with Gasteiger partial charge in [-0.3, -0.25) is 4.90 Å². The minimum atomic E-state index is 0.456. The van der Waals surface area contributed by atoms with Crippen LogP contribution in [-0.2, 0) is 6.54 Å². The summed E-state index contributed by atoms with van der Waals surface area (Å²) < 4.78 is 0. The van der Waals surface area contributed by atoms with Crippen LogP contribution in [0.1, 0.15) is 44.4 Å². The molecule has 0 radical (unpaired) electrons. The lowest BCUT2D eigenvalue weighted by Crippen LogP contribution is -2.44. The molecule has 0 spiro atoms. The van der Waals surface area contributed by atoms with E-state index in [2.05, 4.69) is 48.6 Å². The third-order valence-corrected chi connectivity index (χ3v) is 6.12. The van der Waals surface area contributed by atoms with Gasteiger partial charge < -0.3 is 5.32 Å². The van der Waals surface area contributed by atoms with Crippen LogP contribution < -0.4 is 5.32 Å². The molecule has 2 fully saturated rings. The highest BCUT2D eigenvalue weighted by Gasteiger charge is 2.42. The van der Waals surface area contributed by atoms with Crippen molar-refractivity contribution in [2.75, 3.05) is 13.6 Å². The van der Waals surface area contributed by atoms with Crippen molar-refractivity contribution in [3.05, 3.63) is 22.4 Å². The molecular formula is C17H28N2S. The monoisotopic (exact) mass is 292 g/mol. The van der Waals surface area contributed by atoms with E-state index < -0.39 is 0 Å². The fraction of sp³-hybridized carbons (Fsp3) is 0.765. The molecule has 3 rings (SSSR count). The van der Waals surface area contributed by atoms with Crippen LogP contribution in [0.3, 0.4) is 0 Å². The molecule has 2 unspecified atom stereocenters. The third kappa shape index (κ3) is 3.10. The highest BCUT2D eigenvalue weighted by atomic mass is 32.1. The number of nitrogens with one attached hydrogen (secondary N) is 1. The molecule has 1 heterocycles. The van der Waals surface area contributed by atoms with E-state index in [0.717, 1.165) is 18.5 Å². The molecular weight excluding hydrogens is 264 g/mol. The molecule has 0 aliphatic heterocycles. The lowest BCUT2D eigenvalue weighted by Gasteiger charge is -2.33. The zero-order chi connectivity index (χ0) is 14.2. The summed E-state index contributed by atoms with van der Waals surface area (Å²) in [6.07, 6.45) is 5.56. The minimum absolute atomic E-state index is 0.456. The van der Waals surface area contributed by atoms with E-state index in [4.69, 9.17) is 0 Å². The Morgan fingerprint density at radius 1 is 1.35 bits per heavy atom. The van der Waals surface area contributed by atoms with Crippen LogP contribution in [0.2, 0.25) is 0 Å². The van der Waals surface area contributed by atoms with Crippen molar-refractivity contribution >= 4 is 11.3 Å². The predicted octanol–water partition coefficient (Wildman–Crippen LogP) is 3.74. The maximum absolute atomic E-state index is 3.60. The third-order valence-electron chi connectivity index (χ3n) is 5.26. The Morgan fingerprint density at radius 2 is 2.15 bits per heavy atom. The molecule has 1 aromatic heterocycles. The second kappa shape index (κ2) is 5.78. The van der Waals surface area contributed by atoms with Gasteiger partial charge in [-0.2, -0.15) is 0 Å². The lowest BCUT2D eigenvalue weighted by atomic mass is 9.85. The molecule has 2 nitrogen and oxygen atoms in total. The Hall–Kier alpha value is -0.380. The summed E-state index contributed by atoms with van der Waals surface area (Å²) in [4.78, 5) is 4.28. The molecule has 112 valence electrons. The maximum atomic E-state index is 3.60. The van der Waals surface area contributed by atoms with Crippen LogP contribution in [0.5, 0.6) is 0 Å². The summed E-state index contributed by atoms with van der Waals surface area (Å²) in [6, 6.07) is 6.00. The van der Waals surface area contributed by atoms with Crippen LogP contribution in [0, 0.1) is 11.3 Å². The zero-order valence-corrected chi connectivity index (χ0v) is 13.9. The molecule has 3 heteroatoms.